The lowest BCUT2D eigenvalue weighted by molar-refractivity contribution is -0.138. The number of benzene rings is 1. The fourth-order valence-corrected chi connectivity index (χ4v) is 5.31. The van der Waals surface area contributed by atoms with Crippen LogP contribution in [0.5, 0.6) is 0 Å². The second-order valence-corrected chi connectivity index (χ2v) is 10.2. The molecule has 0 radical (unpaired) electrons. The summed E-state index contributed by atoms with van der Waals surface area (Å²) in [6.45, 7) is 7.04. The van der Waals surface area contributed by atoms with Gasteiger partial charge in [-0.05, 0) is 56.1 Å². The average Bonchev–Trinajstić information content (AvgIpc) is 2.68. The van der Waals surface area contributed by atoms with Gasteiger partial charge in [-0.2, -0.15) is 11.8 Å². The Morgan fingerprint density at radius 3 is 2.73 bits per heavy atom. The molecule has 1 aliphatic rings. The van der Waals surface area contributed by atoms with Gasteiger partial charge in [0.15, 0.2) is 0 Å². The van der Waals surface area contributed by atoms with E-state index in [1.807, 2.05) is 17.0 Å². The van der Waals surface area contributed by atoms with Gasteiger partial charge in [0.25, 0.3) is 0 Å². The number of aliphatic hydroxyl groups is 1. The molecule has 1 aromatic carbocycles. The Morgan fingerprint density at radius 2 is 2.03 bits per heavy atom. The van der Waals surface area contributed by atoms with Crippen molar-refractivity contribution >= 4 is 23.6 Å². The fraction of sp³-hybridized carbons (Fsp3) is 0.667. The van der Waals surface area contributed by atoms with E-state index in [2.05, 4.69) is 32.9 Å². The first-order valence-corrected chi connectivity index (χ1v) is 12.2. The first kappa shape index (κ1) is 24.7. The molecular formula is C24H37NO4S. The number of carbonyl (C=O) groups excluding carboxylic acids is 1. The number of nitrogens with zero attached hydrogens (tertiary/aromatic N) is 1. The van der Waals surface area contributed by atoms with Gasteiger partial charge in [0, 0.05) is 30.0 Å². The van der Waals surface area contributed by atoms with Crippen LogP contribution in [0.4, 0.5) is 0 Å². The highest BCUT2D eigenvalue weighted by atomic mass is 32.2. The van der Waals surface area contributed by atoms with Crippen molar-refractivity contribution in [1.29, 1.82) is 0 Å². The molecule has 5 nitrogen and oxygen atoms in total. The molecule has 1 heterocycles. The Balaban J connectivity index is 1.88. The molecule has 0 saturated carbocycles. The van der Waals surface area contributed by atoms with Crippen LogP contribution in [0.3, 0.4) is 0 Å². The Morgan fingerprint density at radius 1 is 1.30 bits per heavy atom. The number of thioether (sulfide) groups is 1. The highest BCUT2D eigenvalue weighted by Gasteiger charge is 2.32. The Kier molecular flexibility index (Phi) is 10.2. The molecular weight excluding hydrogens is 398 g/mol. The molecule has 1 saturated heterocycles. The fourth-order valence-electron chi connectivity index (χ4n) is 4.34. The lowest BCUT2D eigenvalue weighted by Crippen LogP contribution is -2.48. The number of hydrogen-bond donors (Lipinski definition) is 2. The van der Waals surface area contributed by atoms with Crippen LogP contribution in [0.1, 0.15) is 63.5 Å². The predicted octanol–water partition coefficient (Wildman–Crippen LogP) is 4.29. The summed E-state index contributed by atoms with van der Waals surface area (Å²) in [4.78, 5) is 25.3. The summed E-state index contributed by atoms with van der Waals surface area (Å²) in [5.41, 5.74) is 2.38. The van der Waals surface area contributed by atoms with E-state index in [9.17, 15) is 14.7 Å². The molecule has 1 unspecified atom stereocenters. The lowest BCUT2D eigenvalue weighted by atomic mass is 9.86. The second-order valence-electron chi connectivity index (χ2n) is 8.66. The number of hydrogen-bond acceptors (Lipinski definition) is 4. The second kappa shape index (κ2) is 12.4. The smallest absolute Gasteiger partial charge is 0.304 e. The van der Waals surface area contributed by atoms with E-state index in [1.54, 1.807) is 11.8 Å². The molecule has 1 amide bonds. The summed E-state index contributed by atoms with van der Waals surface area (Å²) in [6.07, 6.45) is 4.48. The number of aliphatic carboxylic acids is 1. The van der Waals surface area contributed by atoms with E-state index < -0.39 is 12.1 Å². The number of carboxylic acid groups (broad SMARTS) is 1. The molecule has 0 aliphatic carbocycles. The van der Waals surface area contributed by atoms with Crippen LogP contribution in [0.2, 0.25) is 0 Å². The minimum absolute atomic E-state index is 0.175. The van der Waals surface area contributed by atoms with Gasteiger partial charge in [-0.25, -0.2) is 0 Å². The first-order valence-electron chi connectivity index (χ1n) is 11.1. The van der Waals surface area contributed by atoms with E-state index in [1.165, 1.54) is 11.1 Å². The molecule has 0 bridgehead atoms. The molecule has 1 fully saturated rings. The zero-order valence-corrected chi connectivity index (χ0v) is 19.4. The minimum atomic E-state index is -0.765. The highest BCUT2D eigenvalue weighted by Crippen LogP contribution is 2.29. The summed E-state index contributed by atoms with van der Waals surface area (Å²) in [5, 5.41) is 19.8. The molecule has 2 rings (SSSR count). The maximum absolute atomic E-state index is 12.6. The number of aryl methyl sites for hydroxylation is 1. The topological polar surface area (TPSA) is 77.8 Å². The van der Waals surface area contributed by atoms with Crippen molar-refractivity contribution in [3.63, 3.8) is 0 Å². The number of carboxylic acids is 1. The molecule has 0 spiro atoms. The zero-order chi connectivity index (χ0) is 22.1. The molecule has 30 heavy (non-hydrogen) atoms. The number of carbonyl (C=O) groups is 2. The van der Waals surface area contributed by atoms with Gasteiger partial charge in [-0.15, -0.1) is 0 Å². The summed E-state index contributed by atoms with van der Waals surface area (Å²) in [5.74, 6) is 0.298. The van der Waals surface area contributed by atoms with Crippen LogP contribution in [0.25, 0.3) is 0 Å². The zero-order valence-electron chi connectivity index (χ0n) is 18.5. The lowest BCUT2D eigenvalue weighted by Gasteiger charge is -2.40. The van der Waals surface area contributed by atoms with Gasteiger partial charge < -0.3 is 15.1 Å². The Labute approximate surface area is 185 Å². The van der Waals surface area contributed by atoms with Gasteiger partial charge in [-0.1, -0.05) is 38.1 Å². The van der Waals surface area contributed by atoms with Crippen molar-refractivity contribution in [2.45, 2.75) is 83.1 Å². The standard InChI is InChI=1S/C24H37NO4S/c1-17-7-4-5-8-20(17)16-21(26)15-18(2)22-9-6-10-23(27)25(22)13-11-19(3)30-14-12-24(28)29/h4-5,7-8,18-19,21-22,26H,6,9-16H2,1-3H3,(H,28,29)/t18-,19+,21?,22+/m0/s1. The van der Waals surface area contributed by atoms with Crippen LogP contribution in [0, 0.1) is 12.8 Å². The molecule has 2 N–H and O–H groups in total. The average molecular weight is 436 g/mol. The van der Waals surface area contributed by atoms with E-state index in [0.29, 0.717) is 36.8 Å². The molecule has 0 aromatic heterocycles. The van der Waals surface area contributed by atoms with Gasteiger partial charge in [0.1, 0.15) is 0 Å². The third-order valence-electron chi connectivity index (χ3n) is 6.12. The maximum atomic E-state index is 12.6. The molecule has 168 valence electrons. The summed E-state index contributed by atoms with van der Waals surface area (Å²) >= 11 is 1.66. The van der Waals surface area contributed by atoms with Crippen LogP contribution in [-0.2, 0) is 16.0 Å². The van der Waals surface area contributed by atoms with E-state index in [4.69, 9.17) is 5.11 Å². The van der Waals surface area contributed by atoms with Crippen LogP contribution in [0.15, 0.2) is 24.3 Å². The number of amides is 1. The molecule has 1 aliphatic heterocycles. The van der Waals surface area contributed by atoms with Crippen molar-refractivity contribution in [1.82, 2.24) is 4.90 Å². The van der Waals surface area contributed by atoms with Gasteiger partial charge in [-0.3, -0.25) is 9.59 Å². The number of piperidine rings is 1. The van der Waals surface area contributed by atoms with E-state index in [-0.39, 0.29) is 24.3 Å². The van der Waals surface area contributed by atoms with E-state index >= 15 is 0 Å². The number of rotatable bonds is 12. The highest BCUT2D eigenvalue weighted by molar-refractivity contribution is 7.99. The van der Waals surface area contributed by atoms with Crippen LogP contribution in [-0.4, -0.2) is 56.7 Å². The van der Waals surface area contributed by atoms with Gasteiger partial charge in [0.05, 0.1) is 12.5 Å². The largest absolute Gasteiger partial charge is 0.481 e. The number of aliphatic hydroxyl groups excluding tert-OH is 1. The SMILES string of the molecule is Cc1ccccc1CC(O)C[C@H](C)[C@H]1CCCC(=O)N1CC[C@@H](C)SCCC(=O)O. The van der Waals surface area contributed by atoms with Crippen molar-refractivity contribution < 1.29 is 19.8 Å². The molecule has 1 aromatic rings. The Hall–Kier alpha value is -1.53. The molecule has 4 atom stereocenters. The van der Waals surface area contributed by atoms with Gasteiger partial charge >= 0.3 is 5.97 Å². The summed E-state index contributed by atoms with van der Waals surface area (Å²) < 4.78 is 0. The minimum Gasteiger partial charge on any atom is -0.481 e. The third-order valence-corrected chi connectivity index (χ3v) is 7.37. The predicted molar refractivity (Wildman–Crippen MR) is 123 cm³/mol. The van der Waals surface area contributed by atoms with Crippen molar-refractivity contribution in [3.8, 4) is 0 Å². The monoisotopic (exact) mass is 435 g/mol. The Bertz CT molecular complexity index is 696. The first-order chi connectivity index (χ1) is 14.3. The summed E-state index contributed by atoms with van der Waals surface area (Å²) in [6, 6.07) is 8.34. The summed E-state index contributed by atoms with van der Waals surface area (Å²) in [7, 11) is 0. The van der Waals surface area contributed by atoms with Crippen molar-refractivity contribution in [2.75, 3.05) is 12.3 Å². The van der Waals surface area contributed by atoms with Crippen molar-refractivity contribution in [3.05, 3.63) is 35.4 Å². The maximum Gasteiger partial charge on any atom is 0.304 e. The van der Waals surface area contributed by atoms with Crippen molar-refractivity contribution in [2.24, 2.45) is 5.92 Å². The molecule has 6 heteroatoms. The van der Waals surface area contributed by atoms with Gasteiger partial charge in [0.2, 0.25) is 5.91 Å². The normalized spacial score (nSPS) is 20.1. The van der Waals surface area contributed by atoms with E-state index in [0.717, 1.165) is 19.3 Å². The third kappa shape index (κ3) is 7.95. The number of likely N-dealkylation sites (tertiary alicyclic amines) is 1. The quantitative estimate of drug-likeness (QED) is 0.512. The van der Waals surface area contributed by atoms with Crippen LogP contribution >= 0.6 is 11.8 Å². The van der Waals surface area contributed by atoms with Crippen LogP contribution < -0.4 is 0 Å².